The zero-order valence-electron chi connectivity index (χ0n) is 19.4. The molecule has 8 heteroatoms. The Balaban J connectivity index is 1.41. The first-order chi connectivity index (χ1) is 16.3. The van der Waals surface area contributed by atoms with E-state index in [1.54, 1.807) is 20.0 Å². The van der Waals surface area contributed by atoms with Gasteiger partial charge in [0.1, 0.15) is 17.4 Å². The van der Waals surface area contributed by atoms with E-state index in [9.17, 15) is 14.7 Å². The molecule has 0 saturated carbocycles. The van der Waals surface area contributed by atoms with E-state index in [0.29, 0.717) is 12.1 Å². The summed E-state index contributed by atoms with van der Waals surface area (Å²) < 4.78 is 2.10. The Morgan fingerprint density at radius 3 is 2.71 bits per heavy atom. The fourth-order valence-electron chi connectivity index (χ4n) is 4.66. The normalized spacial score (nSPS) is 20.5. The van der Waals surface area contributed by atoms with Gasteiger partial charge in [-0.15, -0.1) is 0 Å². The van der Waals surface area contributed by atoms with Crippen LogP contribution < -0.4 is 10.6 Å². The third kappa shape index (κ3) is 3.98. The third-order valence-corrected chi connectivity index (χ3v) is 6.89. The summed E-state index contributed by atoms with van der Waals surface area (Å²) in [6, 6.07) is 11.1. The summed E-state index contributed by atoms with van der Waals surface area (Å²) in [6.45, 7) is 4.57. The molecule has 8 nitrogen and oxygen atoms in total. The summed E-state index contributed by atoms with van der Waals surface area (Å²) in [5.41, 5.74) is 3.52. The molecule has 3 aromatic rings. The quantitative estimate of drug-likeness (QED) is 0.497. The van der Waals surface area contributed by atoms with Crippen molar-refractivity contribution in [2.75, 3.05) is 6.54 Å². The first kappa shape index (κ1) is 22.3. The van der Waals surface area contributed by atoms with E-state index in [-0.39, 0.29) is 11.8 Å². The number of imidazole rings is 1. The highest BCUT2D eigenvalue weighted by Crippen LogP contribution is 2.35. The molecule has 0 spiro atoms. The molecule has 1 fully saturated rings. The van der Waals surface area contributed by atoms with Crippen molar-refractivity contribution < 1.29 is 14.7 Å². The molecule has 3 N–H and O–H groups in total. The highest BCUT2D eigenvalue weighted by molar-refractivity contribution is 6.04. The number of hydrogen-bond donors (Lipinski definition) is 3. The van der Waals surface area contributed by atoms with E-state index in [4.69, 9.17) is 4.98 Å². The molecule has 1 saturated heterocycles. The number of carboxylic acids is 1. The van der Waals surface area contributed by atoms with Crippen molar-refractivity contribution in [2.24, 2.45) is 5.41 Å². The number of allylic oxidation sites excluding steroid dienone is 2. The lowest BCUT2D eigenvalue weighted by Crippen LogP contribution is -2.48. The number of aliphatic carboxylic acids is 1. The Labute approximate surface area is 198 Å². The molecular weight excluding hydrogens is 430 g/mol. The van der Waals surface area contributed by atoms with Gasteiger partial charge in [0.2, 0.25) is 0 Å². The smallest absolute Gasteiger partial charge is 0.326 e. The van der Waals surface area contributed by atoms with Crippen LogP contribution in [-0.4, -0.2) is 44.0 Å². The van der Waals surface area contributed by atoms with Crippen LogP contribution in [0.15, 0.2) is 54.4 Å². The van der Waals surface area contributed by atoms with Crippen molar-refractivity contribution in [2.45, 2.75) is 51.6 Å². The summed E-state index contributed by atoms with van der Waals surface area (Å²) in [7, 11) is 0. The van der Waals surface area contributed by atoms with E-state index < -0.39 is 17.4 Å². The van der Waals surface area contributed by atoms with Gasteiger partial charge >= 0.3 is 5.97 Å². The van der Waals surface area contributed by atoms with E-state index in [2.05, 4.69) is 20.2 Å². The van der Waals surface area contributed by atoms with Crippen molar-refractivity contribution >= 4 is 22.9 Å². The molecule has 0 amide bonds. The highest BCUT2D eigenvalue weighted by Gasteiger charge is 2.40. The number of aromatic nitrogens is 3. The minimum atomic E-state index is -0.949. The summed E-state index contributed by atoms with van der Waals surface area (Å²) in [5.74, 6) is 0.0126. The Morgan fingerprint density at radius 1 is 1.26 bits per heavy atom. The van der Waals surface area contributed by atoms with Gasteiger partial charge in [0, 0.05) is 30.1 Å². The van der Waals surface area contributed by atoms with Crippen LogP contribution in [0.1, 0.15) is 50.5 Å². The number of ketones is 1. The van der Waals surface area contributed by atoms with Gasteiger partial charge in [-0.05, 0) is 63.1 Å². The zero-order chi connectivity index (χ0) is 23.9. The molecule has 2 aliphatic rings. The monoisotopic (exact) mass is 459 g/mol. The van der Waals surface area contributed by atoms with Crippen LogP contribution in [0.25, 0.3) is 16.9 Å². The van der Waals surface area contributed by atoms with Crippen LogP contribution in [0.2, 0.25) is 0 Å². The lowest BCUT2D eigenvalue weighted by molar-refractivity contribution is -0.139. The molecule has 1 aliphatic heterocycles. The topological polar surface area (TPSA) is 109 Å². The van der Waals surface area contributed by atoms with E-state index in [1.165, 1.54) is 12.5 Å². The molecule has 34 heavy (non-hydrogen) atoms. The summed E-state index contributed by atoms with van der Waals surface area (Å²) in [4.78, 5) is 33.1. The molecule has 0 radical (unpaired) electrons. The SMILES string of the molecule is CC1(C)C(=O)C=C1N[C@@H](Cc1ccc(-n2c(C3CCCCN3)nc3cccnc32)cc1)C(=O)O. The number of piperidine rings is 1. The number of pyridine rings is 1. The Bertz CT molecular complexity index is 1270. The molecule has 1 aliphatic carbocycles. The fraction of sp³-hybridized carbons (Fsp3) is 0.385. The van der Waals surface area contributed by atoms with Crippen LogP contribution in [-0.2, 0) is 16.0 Å². The molecular formula is C26H29N5O3. The molecule has 2 atom stereocenters. The second kappa shape index (κ2) is 8.68. The number of benzene rings is 1. The Hall–Kier alpha value is -3.52. The fourth-order valence-corrected chi connectivity index (χ4v) is 4.66. The Morgan fingerprint density at radius 2 is 2.06 bits per heavy atom. The summed E-state index contributed by atoms with van der Waals surface area (Å²) in [5, 5.41) is 16.4. The van der Waals surface area contributed by atoms with Crippen molar-refractivity contribution in [3.63, 3.8) is 0 Å². The van der Waals surface area contributed by atoms with Gasteiger partial charge in [-0.3, -0.25) is 9.36 Å². The highest BCUT2D eigenvalue weighted by atomic mass is 16.4. The maximum absolute atomic E-state index is 11.9. The summed E-state index contributed by atoms with van der Waals surface area (Å²) >= 11 is 0. The van der Waals surface area contributed by atoms with Gasteiger partial charge in [-0.1, -0.05) is 18.6 Å². The van der Waals surface area contributed by atoms with Crippen molar-refractivity contribution in [3.8, 4) is 5.69 Å². The van der Waals surface area contributed by atoms with Gasteiger partial charge in [-0.25, -0.2) is 14.8 Å². The number of carbonyl (C=O) groups is 2. The average molecular weight is 460 g/mol. The second-order valence-corrected chi connectivity index (χ2v) is 9.61. The van der Waals surface area contributed by atoms with Crippen LogP contribution in [0, 0.1) is 5.41 Å². The minimum absolute atomic E-state index is 0.00733. The maximum atomic E-state index is 11.9. The zero-order valence-corrected chi connectivity index (χ0v) is 19.4. The van der Waals surface area contributed by atoms with Crippen LogP contribution in [0.5, 0.6) is 0 Å². The number of carbonyl (C=O) groups excluding carboxylic acids is 1. The van der Waals surface area contributed by atoms with Crippen molar-refractivity contribution in [1.29, 1.82) is 0 Å². The van der Waals surface area contributed by atoms with Crippen LogP contribution in [0.4, 0.5) is 0 Å². The first-order valence-electron chi connectivity index (χ1n) is 11.8. The van der Waals surface area contributed by atoms with E-state index in [1.807, 2.05) is 36.4 Å². The molecule has 1 aromatic carbocycles. The predicted molar refractivity (Wildman–Crippen MR) is 129 cm³/mol. The number of nitrogens with one attached hydrogen (secondary N) is 2. The molecule has 1 unspecified atom stereocenters. The van der Waals surface area contributed by atoms with E-state index >= 15 is 0 Å². The lowest BCUT2D eigenvalue weighted by Gasteiger charge is -2.35. The number of nitrogens with zero attached hydrogens (tertiary/aromatic N) is 3. The standard InChI is InChI=1S/C26H29N5O3/c1-26(2)21(15-22(26)32)29-20(25(33)34)14-16-8-10-17(11-9-16)31-23-19(7-5-13-28-23)30-24(31)18-6-3-4-12-27-18/h5,7-11,13,15,18,20,27,29H,3-4,6,12,14H2,1-2H3,(H,33,34)/t18?,20-/m0/s1. The van der Waals surface area contributed by atoms with Gasteiger partial charge < -0.3 is 15.7 Å². The number of fused-ring (bicyclic) bond motifs is 1. The third-order valence-electron chi connectivity index (χ3n) is 6.89. The van der Waals surface area contributed by atoms with Crippen molar-refractivity contribution in [3.05, 3.63) is 65.8 Å². The largest absolute Gasteiger partial charge is 0.480 e. The van der Waals surface area contributed by atoms with E-state index in [0.717, 1.165) is 47.6 Å². The minimum Gasteiger partial charge on any atom is -0.480 e. The maximum Gasteiger partial charge on any atom is 0.326 e. The Kier molecular flexibility index (Phi) is 5.69. The molecule has 0 bridgehead atoms. The van der Waals surface area contributed by atoms with Gasteiger partial charge in [0.15, 0.2) is 11.4 Å². The molecule has 176 valence electrons. The average Bonchev–Trinajstić information content (AvgIpc) is 3.24. The second-order valence-electron chi connectivity index (χ2n) is 9.61. The number of hydrogen-bond acceptors (Lipinski definition) is 6. The summed E-state index contributed by atoms with van der Waals surface area (Å²) in [6.07, 6.45) is 6.92. The van der Waals surface area contributed by atoms with Crippen LogP contribution in [0.3, 0.4) is 0 Å². The molecule has 3 heterocycles. The van der Waals surface area contributed by atoms with Gasteiger partial charge in [-0.2, -0.15) is 0 Å². The first-order valence-corrected chi connectivity index (χ1v) is 11.8. The molecule has 5 rings (SSSR count). The van der Waals surface area contributed by atoms with Crippen molar-refractivity contribution in [1.82, 2.24) is 25.2 Å². The number of rotatable bonds is 7. The van der Waals surface area contributed by atoms with Gasteiger partial charge in [0.25, 0.3) is 0 Å². The molecule has 2 aromatic heterocycles. The van der Waals surface area contributed by atoms with Gasteiger partial charge in [0.05, 0.1) is 11.5 Å². The van der Waals surface area contributed by atoms with Crippen LogP contribution >= 0.6 is 0 Å². The lowest BCUT2D eigenvalue weighted by atomic mass is 9.74. The number of carboxylic acid groups (broad SMARTS) is 1. The predicted octanol–water partition coefficient (Wildman–Crippen LogP) is 3.31.